The maximum atomic E-state index is 13.5. The van der Waals surface area contributed by atoms with Crippen molar-refractivity contribution in [2.75, 3.05) is 6.54 Å². The second-order valence-electron chi connectivity index (χ2n) is 4.35. The van der Waals surface area contributed by atoms with Crippen LogP contribution in [0.1, 0.15) is 5.56 Å². The summed E-state index contributed by atoms with van der Waals surface area (Å²) in [5.41, 5.74) is 0.877. The molecule has 2 aromatic carbocycles. The Bertz CT molecular complexity index is 733. The molecule has 112 valence electrons. The summed E-state index contributed by atoms with van der Waals surface area (Å²) in [4.78, 5) is -0.696. The molecule has 0 aromatic heterocycles. The third kappa shape index (κ3) is 4.23. The molecule has 0 aliphatic heterocycles. The molecule has 0 radical (unpaired) electrons. The molecule has 0 unspecified atom stereocenters. The van der Waals surface area contributed by atoms with E-state index in [1.54, 1.807) is 24.3 Å². The average Bonchev–Trinajstić information content (AvgIpc) is 2.43. The van der Waals surface area contributed by atoms with Crippen LogP contribution in [-0.2, 0) is 16.4 Å². The van der Waals surface area contributed by atoms with Gasteiger partial charge in [0.05, 0.1) is 0 Å². The SMILES string of the molecule is O=S(=O)(NCCc1ccc(Cl)cc1)c1cc(F)ccc1F. The van der Waals surface area contributed by atoms with Gasteiger partial charge >= 0.3 is 0 Å². The minimum absolute atomic E-state index is 0.0694. The molecular weight excluding hydrogens is 320 g/mol. The molecule has 0 aliphatic rings. The zero-order valence-electron chi connectivity index (χ0n) is 10.8. The number of halogens is 3. The van der Waals surface area contributed by atoms with Gasteiger partial charge in [0.1, 0.15) is 16.5 Å². The molecule has 7 heteroatoms. The number of hydrogen-bond acceptors (Lipinski definition) is 2. The van der Waals surface area contributed by atoms with Gasteiger partial charge in [-0.05, 0) is 42.3 Å². The Kier molecular flexibility index (Phi) is 4.92. The van der Waals surface area contributed by atoms with Gasteiger partial charge in [0.15, 0.2) is 0 Å². The average molecular weight is 332 g/mol. The highest BCUT2D eigenvalue weighted by Gasteiger charge is 2.19. The molecular formula is C14H12ClF2NO2S. The predicted octanol–water partition coefficient (Wildman–Crippen LogP) is 3.14. The van der Waals surface area contributed by atoms with Crippen molar-refractivity contribution in [3.63, 3.8) is 0 Å². The third-order valence-corrected chi connectivity index (χ3v) is 4.53. The van der Waals surface area contributed by atoms with Crippen molar-refractivity contribution < 1.29 is 17.2 Å². The topological polar surface area (TPSA) is 46.2 Å². The number of benzene rings is 2. The second-order valence-corrected chi connectivity index (χ2v) is 6.52. The molecule has 2 rings (SSSR count). The molecule has 0 bridgehead atoms. The lowest BCUT2D eigenvalue weighted by Gasteiger charge is -2.08. The van der Waals surface area contributed by atoms with Gasteiger partial charge in [0, 0.05) is 11.6 Å². The first-order chi connectivity index (χ1) is 9.88. The van der Waals surface area contributed by atoms with E-state index in [1.165, 1.54) is 0 Å². The summed E-state index contributed by atoms with van der Waals surface area (Å²) in [5.74, 6) is -1.80. The molecule has 3 nitrogen and oxygen atoms in total. The highest BCUT2D eigenvalue weighted by molar-refractivity contribution is 7.89. The summed E-state index contributed by atoms with van der Waals surface area (Å²) in [6, 6.07) is 9.21. The molecule has 0 saturated carbocycles. The predicted molar refractivity (Wildman–Crippen MR) is 76.7 cm³/mol. The Morgan fingerprint density at radius 1 is 1.05 bits per heavy atom. The molecule has 0 amide bonds. The van der Waals surface area contributed by atoms with Crippen LogP contribution in [0.5, 0.6) is 0 Å². The molecule has 21 heavy (non-hydrogen) atoms. The molecule has 0 atom stereocenters. The van der Waals surface area contributed by atoms with Crippen LogP contribution < -0.4 is 4.72 Å². The van der Waals surface area contributed by atoms with Gasteiger partial charge in [-0.25, -0.2) is 21.9 Å². The van der Waals surface area contributed by atoms with E-state index >= 15 is 0 Å². The fourth-order valence-corrected chi connectivity index (χ4v) is 2.99. The second kappa shape index (κ2) is 6.51. The van der Waals surface area contributed by atoms with Crippen LogP contribution in [0.25, 0.3) is 0 Å². The van der Waals surface area contributed by atoms with E-state index in [1.807, 2.05) is 0 Å². The normalized spacial score (nSPS) is 11.6. The lowest BCUT2D eigenvalue weighted by Crippen LogP contribution is -2.27. The summed E-state index contributed by atoms with van der Waals surface area (Å²) in [7, 11) is -4.08. The van der Waals surface area contributed by atoms with E-state index in [-0.39, 0.29) is 6.54 Å². The van der Waals surface area contributed by atoms with Crippen molar-refractivity contribution in [2.45, 2.75) is 11.3 Å². The van der Waals surface area contributed by atoms with Crippen molar-refractivity contribution in [2.24, 2.45) is 0 Å². The first-order valence-corrected chi connectivity index (χ1v) is 7.94. The van der Waals surface area contributed by atoms with E-state index in [4.69, 9.17) is 11.6 Å². The van der Waals surface area contributed by atoms with Crippen molar-refractivity contribution in [3.8, 4) is 0 Å². The van der Waals surface area contributed by atoms with Gasteiger partial charge < -0.3 is 0 Å². The fraction of sp³-hybridized carbons (Fsp3) is 0.143. The van der Waals surface area contributed by atoms with Crippen LogP contribution in [0.15, 0.2) is 47.4 Å². The lowest BCUT2D eigenvalue weighted by atomic mass is 10.2. The van der Waals surface area contributed by atoms with Crippen molar-refractivity contribution >= 4 is 21.6 Å². The summed E-state index contributed by atoms with van der Waals surface area (Å²) in [6.07, 6.45) is 0.410. The summed E-state index contributed by atoms with van der Waals surface area (Å²) in [5, 5.41) is 0.584. The Morgan fingerprint density at radius 2 is 1.71 bits per heavy atom. The minimum atomic E-state index is -4.08. The summed E-state index contributed by atoms with van der Waals surface area (Å²) < 4.78 is 52.6. The number of hydrogen-bond donors (Lipinski definition) is 1. The minimum Gasteiger partial charge on any atom is -0.211 e. The molecule has 0 spiro atoms. The van der Waals surface area contributed by atoms with E-state index in [0.717, 1.165) is 17.7 Å². The molecule has 0 fully saturated rings. The van der Waals surface area contributed by atoms with Gasteiger partial charge in [-0.3, -0.25) is 0 Å². The van der Waals surface area contributed by atoms with E-state index in [9.17, 15) is 17.2 Å². The standard InChI is InChI=1S/C14H12ClF2NO2S/c15-11-3-1-10(2-4-11)7-8-18-21(19,20)14-9-12(16)5-6-13(14)17/h1-6,9,18H,7-8H2. The van der Waals surface area contributed by atoms with E-state index in [0.29, 0.717) is 17.5 Å². The first-order valence-electron chi connectivity index (χ1n) is 6.08. The third-order valence-electron chi connectivity index (χ3n) is 2.80. The molecule has 0 aliphatic carbocycles. The monoisotopic (exact) mass is 331 g/mol. The zero-order chi connectivity index (χ0) is 15.5. The number of nitrogens with one attached hydrogen (secondary N) is 1. The van der Waals surface area contributed by atoms with Crippen LogP contribution in [0.2, 0.25) is 5.02 Å². The summed E-state index contributed by atoms with van der Waals surface area (Å²) in [6.45, 7) is 0.0694. The highest BCUT2D eigenvalue weighted by atomic mass is 35.5. The van der Waals surface area contributed by atoms with Gasteiger partial charge in [0.2, 0.25) is 10.0 Å². The van der Waals surface area contributed by atoms with Gasteiger partial charge in [0.25, 0.3) is 0 Å². The van der Waals surface area contributed by atoms with Crippen molar-refractivity contribution in [3.05, 3.63) is 64.7 Å². The Balaban J connectivity index is 2.04. The first kappa shape index (κ1) is 15.9. The van der Waals surface area contributed by atoms with Crippen LogP contribution in [-0.4, -0.2) is 15.0 Å². The number of sulfonamides is 1. The molecule has 1 N–H and O–H groups in total. The fourth-order valence-electron chi connectivity index (χ4n) is 1.74. The van der Waals surface area contributed by atoms with Crippen LogP contribution in [0, 0.1) is 11.6 Å². The quantitative estimate of drug-likeness (QED) is 0.915. The molecule has 2 aromatic rings. The number of rotatable bonds is 5. The van der Waals surface area contributed by atoms with E-state index < -0.39 is 26.6 Å². The lowest BCUT2D eigenvalue weighted by molar-refractivity contribution is 0.546. The van der Waals surface area contributed by atoms with Gasteiger partial charge in [-0.2, -0.15) is 0 Å². The Labute approximate surface area is 126 Å². The Hall–Kier alpha value is -1.50. The van der Waals surface area contributed by atoms with Gasteiger partial charge in [-0.15, -0.1) is 0 Å². The van der Waals surface area contributed by atoms with Gasteiger partial charge in [-0.1, -0.05) is 23.7 Å². The smallest absolute Gasteiger partial charge is 0.211 e. The zero-order valence-corrected chi connectivity index (χ0v) is 12.4. The van der Waals surface area contributed by atoms with Crippen LogP contribution in [0.4, 0.5) is 8.78 Å². The van der Waals surface area contributed by atoms with Crippen molar-refractivity contribution in [1.82, 2.24) is 4.72 Å². The maximum Gasteiger partial charge on any atom is 0.243 e. The molecule has 0 saturated heterocycles. The summed E-state index contributed by atoms with van der Waals surface area (Å²) >= 11 is 5.74. The van der Waals surface area contributed by atoms with E-state index in [2.05, 4.69) is 4.72 Å². The highest BCUT2D eigenvalue weighted by Crippen LogP contribution is 2.15. The molecule has 0 heterocycles. The van der Waals surface area contributed by atoms with Crippen molar-refractivity contribution in [1.29, 1.82) is 0 Å². The Morgan fingerprint density at radius 3 is 2.38 bits per heavy atom. The van der Waals surface area contributed by atoms with Crippen LogP contribution >= 0.6 is 11.6 Å². The maximum absolute atomic E-state index is 13.5. The largest absolute Gasteiger partial charge is 0.243 e. The van der Waals surface area contributed by atoms with Crippen LogP contribution in [0.3, 0.4) is 0 Å².